The average molecular weight is 388 g/mol. The molecule has 1 unspecified atom stereocenters. The molecule has 0 fully saturated rings. The maximum absolute atomic E-state index is 12.4. The Bertz CT molecular complexity index is 859. The van der Waals surface area contributed by atoms with Crippen LogP contribution in [0.4, 0.5) is 5.00 Å². The van der Waals surface area contributed by atoms with E-state index < -0.39 is 0 Å². The second-order valence-electron chi connectivity index (χ2n) is 7.82. The highest BCUT2D eigenvalue weighted by molar-refractivity contribution is 7.16. The topological polar surface area (TPSA) is 65.8 Å². The molecule has 26 heavy (non-hydrogen) atoms. The molecular weight excluding hydrogens is 366 g/mol. The number of halogens is 1. The van der Waals surface area contributed by atoms with Crippen LogP contribution in [0, 0.1) is 22.7 Å². The number of pyridine rings is 1. The number of anilines is 1. The van der Waals surface area contributed by atoms with Gasteiger partial charge in [-0.05, 0) is 48.3 Å². The predicted octanol–water partition coefficient (Wildman–Crippen LogP) is 5.00. The molecule has 1 aliphatic rings. The fourth-order valence-corrected chi connectivity index (χ4v) is 4.78. The van der Waals surface area contributed by atoms with Gasteiger partial charge in [0.05, 0.1) is 17.0 Å². The van der Waals surface area contributed by atoms with Crippen molar-refractivity contribution in [1.82, 2.24) is 4.98 Å². The molecule has 3 rings (SSSR count). The summed E-state index contributed by atoms with van der Waals surface area (Å²) in [6.45, 7) is 6.80. The molecule has 6 heteroatoms. The zero-order chi connectivity index (χ0) is 18.9. The van der Waals surface area contributed by atoms with Crippen molar-refractivity contribution >= 4 is 33.8 Å². The summed E-state index contributed by atoms with van der Waals surface area (Å²) in [5, 5.41) is 13.7. The molecule has 1 atom stereocenters. The molecule has 2 aromatic rings. The average Bonchev–Trinajstić information content (AvgIpc) is 2.92. The SMILES string of the molecule is CC(C)(C)C1CCc2c(sc(NC(=O)Cc3ccc(Cl)cn3)c2C#N)C1. The summed E-state index contributed by atoms with van der Waals surface area (Å²) in [6, 6.07) is 5.75. The van der Waals surface area contributed by atoms with Crippen molar-refractivity contribution in [2.45, 2.75) is 46.5 Å². The summed E-state index contributed by atoms with van der Waals surface area (Å²) in [5.74, 6) is 0.435. The third-order valence-electron chi connectivity index (χ3n) is 4.99. The number of nitrogens with zero attached hydrogens (tertiary/aromatic N) is 2. The zero-order valence-corrected chi connectivity index (χ0v) is 16.8. The number of fused-ring (bicyclic) bond motifs is 1. The molecule has 0 radical (unpaired) electrons. The van der Waals surface area contributed by atoms with Crippen LogP contribution in [-0.4, -0.2) is 10.9 Å². The van der Waals surface area contributed by atoms with Crippen LogP contribution < -0.4 is 5.32 Å². The summed E-state index contributed by atoms with van der Waals surface area (Å²) >= 11 is 7.37. The van der Waals surface area contributed by atoms with Gasteiger partial charge in [0, 0.05) is 16.8 Å². The molecule has 0 bridgehead atoms. The van der Waals surface area contributed by atoms with Gasteiger partial charge in [0.1, 0.15) is 11.1 Å². The molecule has 0 aromatic carbocycles. The van der Waals surface area contributed by atoms with Crippen LogP contribution >= 0.6 is 22.9 Å². The lowest BCUT2D eigenvalue weighted by molar-refractivity contribution is -0.115. The summed E-state index contributed by atoms with van der Waals surface area (Å²) in [7, 11) is 0. The monoisotopic (exact) mass is 387 g/mol. The first-order valence-electron chi connectivity index (χ1n) is 8.73. The lowest BCUT2D eigenvalue weighted by Gasteiger charge is -2.33. The molecule has 2 aromatic heterocycles. The van der Waals surface area contributed by atoms with Gasteiger partial charge in [-0.2, -0.15) is 5.26 Å². The second-order valence-corrected chi connectivity index (χ2v) is 9.36. The molecule has 0 saturated carbocycles. The lowest BCUT2D eigenvalue weighted by atomic mass is 9.72. The van der Waals surface area contributed by atoms with Gasteiger partial charge in [-0.1, -0.05) is 32.4 Å². The predicted molar refractivity (Wildman–Crippen MR) is 106 cm³/mol. The molecule has 0 aliphatic heterocycles. The third kappa shape index (κ3) is 4.08. The van der Waals surface area contributed by atoms with Gasteiger partial charge < -0.3 is 5.32 Å². The normalized spacial score (nSPS) is 16.7. The number of carbonyl (C=O) groups is 1. The molecule has 4 nitrogen and oxygen atoms in total. The Hall–Kier alpha value is -1.90. The van der Waals surface area contributed by atoms with Crippen molar-refractivity contribution in [3.63, 3.8) is 0 Å². The standard InChI is InChI=1S/C20H22ClN3OS/c1-20(2,3)12-4-7-15-16(10-22)19(26-17(15)8-12)24-18(25)9-14-6-5-13(21)11-23-14/h5-6,11-12H,4,7-9H2,1-3H3,(H,24,25). The molecular formula is C20H22ClN3OS. The van der Waals surface area contributed by atoms with Crippen LogP contribution in [0.25, 0.3) is 0 Å². The lowest BCUT2D eigenvalue weighted by Crippen LogP contribution is -2.26. The van der Waals surface area contributed by atoms with Crippen molar-refractivity contribution in [3.05, 3.63) is 45.1 Å². The Balaban J connectivity index is 1.77. The highest BCUT2D eigenvalue weighted by Gasteiger charge is 2.32. The number of nitriles is 1. The highest BCUT2D eigenvalue weighted by Crippen LogP contribution is 2.43. The Morgan fingerprint density at radius 1 is 1.46 bits per heavy atom. The molecule has 0 spiro atoms. The second kappa shape index (κ2) is 7.38. The molecule has 1 N–H and O–H groups in total. The summed E-state index contributed by atoms with van der Waals surface area (Å²) in [5.41, 5.74) is 2.66. The van der Waals surface area contributed by atoms with Crippen LogP contribution in [0.3, 0.4) is 0 Å². The van der Waals surface area contributed by atoms with E-state index in [4.69, 9.17) is 11.6 Å². The van der Waals surface area contributed by atoms with E-state index in [1.807, 2.05) is 0 Å². The third-order valence-corrected chi connectivity index (χ3v) is 6.38. The van der Waals surface area contributed by atoms with Gasteiger partial charge in [0.25, 0.3) is 0 Å². The number of hydrogen-bond donors (Lipinski definition) is 1. The van der Waals surface area contributed by atoms with Crippen LogP contribution in [0.15, 0.2) is 18.3 Å². The van der Waals surface area contributed by atoms with E-state index in [1.54, 1.807) is 23.5 Å². The smallest absolute Gasteiger partial charge is 0.231 e. The Morgan fingerprint density at radius 3 is 2.85 bits per heavy atom. The van der Waals surface area contributed by atoms with Gasteiger partial charge >= 0.3 is 0 Å². The fourth-order valence-electron chi connectivity index (χ4n) is 3.38. The number of thiophene rings is 1. The quantitative estimate of drug-likeness (QED) is 0.805. The first-order chi connectivity index (χ1) is 12.3. The van der Waals surface area contributed by atoms with E-state index in [9.17, 15) is 10.1 Å². The maximum Gasteiger partial charge on any atom is 0.231 e. The van der Waals surface area contributed by atoms with E-state index in [-0.39, 0.29) is 17.7 Å². The summed E-state index contributed by atoms with van der Waals surface area (Å²) in [6.07, 6.45) is 4.67. The molecule has 136 valence electrons. The summed E-state index contributed by atoms with van der Waals surface area (Å²) < 4.78 is 0. The van der Waals surface area contributed by atoms with Crippen LogP contribution in [-0.2, 0) is 24.1 Å². The molecule has 1 amide bonds. The van der Waals surface area contributed by atoms with Crippen molar-refractivity contribution in [2.75, 3.05) is 5.32 Å². The number of hydrogen-bond acceptors (Lipinski definition) is 4. The van der Waals surface area contributed by atoms with Gasteiger partial charge in [-0.25, -0.2) is 0 Å². The minimum atomic E-state index is -0.165. The molecule has 2 heterocycles. The van der Waals surface area contributed by atoms with Crippen molar-refractivity contribution in [1.29, 1.82) is 5.26 Å². The van der Waals surface area contributed by atoms with E-state index in [0.717, 1.165) is 24.8 Å². The van der Waals surface area contributed by atoms with E-state index >= 15 is 0 Å². The number of nitrogens with one attached hydrogen (secondary N) is 1. The van der Waals surface area contributed by atoms with Crippen molar-refractivity contribution < 1.29 is 4.79 Å². The van der Waals surface area contributed by atoms with Gasteiger partial charge in [0.2, 0.25) is 5.91 Å². The van der Waals surface area contributed by atoms with Crippen molar-refractivity contribution in [2.24, 2.45) is 11.3 Å². The van der Waals surface area contributed by atoms with Crippen LogP contribution in [0.2, 0.25) is 5.02 Å². The first-order valence-corrected chi connectivity index (χ1v) is 9.92. The fraction of sp³-hybridized carbons (Fsp3) is 0.450. The van der Waals surface area contributed by atoms with Gasteiger partial charge in [-0.3, -0.25) is 9.78 Å². The van der Waals surface area contributed by atoms with Crippen molar-refractivity contribution in [3.8, 4) is 6.07 Å². The maximum atomic E-state index is 12.4. The summed E-state index contributed by atoms with van der Waals surface area (Å²) in [4.78, 5) is 17.8. The van der Waals surface area contributed by atoms with Gasteiger partial charge in [0.15, 0.2) is 0 Å². The molecule has 0 saturated heterocycles. The zero-order valence-electron chi connectivity index (χ0n) is 15.2. The first kappa shape index (κ1) is 18.9. The largest absolute Gasteiger partial charge is 0.316 e. The number of rotatable bonds is 3. The number of aromatic nitrogens is 1. The van der Waals surface area contributed by atoms with E-state index in [2.05, 4.69) is 37.1 Å². The minimum absolute atomic E-state index is 0.162. The van der Waals surface area contributed by atoms with E-state index in [0.29, 0.717) is 27.2 Å². The minimum Gasteiger partial charge on any atom is -0.316 e. The number of carbonyl (C=O) groups excluding carboxylic acids is 1. The Morgan fingerprint density at radius 2 is 2.23 bits per heavy atom. The molecule has 1 aliphatic carbocycles. The van der Waals surface area contributed by atoms with Crippen LogP contribution in [0.1, 0.15) is 48.9 Å². The Kier molecular flexibility index (Phi) is 5.36. The van der Waals surface area contributed by atoms with E-state index in [1.165, 1.54) is 11.1 Å². The van der Waals surface area contributed by atoms with Crippen LogP contribution in [0.5, 0.6) is 0 Å². The highest BCUT2D eigenvalue weighted by atomic mass is 35.5. The Labute approximate surface area is 163 Å². The van der Waals surface area contributed by atoms with Gasteiger partial charge in [-0.15, -0.1) is 11.3 Å². The number of amides is 1.